The molecule has 0 aliphatic heterocycles. The zero-order chi connectivity index (χ0) is 12.5. The van der Waals surface area contributed by atoms with E-state index in [4.69, 9.17) is 4.74 Å². The minimum Gasteiger partial charge on any atom is -0.462 e. The minimum absolute atomic E-state index is 0.132. The minimum atomic E-state index is -0.652. The van der Waals surface area contributed by atoms with Crippen LogP contribution in [0.1, 0.15) is 27.2 Å². The summed E-state index contributed by atoms with van der Waals surface area (Å²) in [6.45, 7) is 8.80. The van der Waals surface area contributed by atoms with Crippen molar-refractivity contribution in [1.82, 2.24) is 0 Å². The lowest BCUT2D eigenvalue weighted by Crippen LogP contribution is -2.35. The third kappa shape index (κ3) is 2.44. The fourth-order valence-electron chi connectivity index (χ4n) is 1.99. The number of hydrogen-bond donors (Lipinski definition) is 2. The van der Waals surface area contributed by atoms with E-state index in [1.54, 1.807) is 6.92 Å². The van der Waals surface area contributed by atoms with Gasteiger partial charge < -0.3 is 14.9 Å². The van der Waals surface area contributed by atoms with Gasteiger partial charge in [0.2, 0.25) is 0 Å². The van der Waals surface area contributed by atoms with Crippen molar-refractivity contribution in [2.75, 3.05) is 6.61 Å². The molecule has 1 aliphatic carbocycles. The predicted octanol–water partition coefficient (Wildman–Crippen LogP) is 0.874. The molecule has 2 N–H and O–H groups in total. The normalized spacial score (nSPS) is 32.4. The van der Waals surface area contributed by atoms with Crippen LogP contribution in [0.4, 0.5) is 0 Å². The van der Waals surface area contributed by atoms with Gasteiger partial charge in [0.25, 0.3) is 0 Å². The molecule has 0 amide bonds. The van der Waals surface area contributed by atoms with Crippen molar-refractivity contribution in [2.45, 2.75) is 39.4 Å². The number of aliphatic hydroxyl groups excluding tert-OH is 2. The summed E-state index contributed by atoms with van der Waals surface area (Å²) in [5, 5.41) is 19.7. The molecule has 0 spiro atoms. The second kappa shape index (κ2) is 4.55. The Hall–Kier alpha value is -0.870. The second-order valence-corrected chi connectivity index (χ2v) is 5.16. The number of rotatable bonds is 3. The monoisotopic (exact) mass is 228 g/mol. The first-order valence-electron chi connectivity index (χ1n) is 5.45. The highest BCUT2D eigenvalue weighted by Crippen LogP contribution is 2.41. The van der Waals surface area contributed by atoms with Crippen molar-refractivity contribution in [2.24, 2.45) is 11.3 Å². The molecule has 0 aromatic heterocycles. The number of ether oxygens (including phenoxy) is 1. The lowest BCUT2D eigenvalue weighted by atomic mass is 9.86. The standard InChI is InChI=1S/C12H20O4/c1-7(2)11(15)16-6-8-5-9(13)12(3,4)10(8)14/h8-10,13-14H,1,5-6H2,2-4H3. The molecule has 3 atom stereocenters. The van der Waals surface area contributed by atoms with Gasteiger partial charge in [0.05, 0.1) is 18.8 Å². The molecule has 0 radical (unpaired) electrons. The van der Waals surface area contributed by atoms with Gasteiger partial charge in [-0.15, -0.1) is 0 Å². The molecule has 1 fully saturated rings. The molecule has 0 bridgehead atoms. The maximum Gasteiger partial charge on any atom is 0.333 e. The number of aliphatic hydroxyl groups is 2. The Morgan fingerprint density at radius 2 is 2.06 bits per heavy atom. The summed E-state index contributed by atoms with van der Waals surface area (Å²) in [5.41, 5.74) is -0.201. The average molecular weight is 228 g/mol. The van der Waals surface area contributed by atoms with E-state index in [-0.39, 0.29) is 12.5 Å². The van der Waals surface area contributed by atoms with E-state index in [9.17, 15) is 15.0 Å². The topological polar surface area (TPSA) is 66.8 Å². The van der Waals surface area contributed by atoms with Gasteiger partial charge in [-0.25, -0.2) is 4.79 Å². The molecule has 1 saturated carbocycles. The number of esters is 1. The lowest BCUT2D eigenvalue weighted by molar-refractivity contribution is -0.141. The Morgan fingerprint density at radius 3 is 2.44 bits per heavy atom. The first-order valence-corrected chi connectivity index (χ1v) is 5.45. The van der Waals surface area contributed by atoms with Crippen molar-refractivity contribution in [3.05, 3.63) is 12.2 Å². The summed E-state index contributed by atoms with van der Waals surface area (Å²) < 4.78 is 4.99. The van der Waals surface area contributed by atoms with Gasteiger partial charge in [0.1, 0.15) is 0 Å². The second-order valence-electron chi connectivity index (χ2n) is 5.16. The molecule has 16 heavy (non-hydrogen) atoms. The van der Waals surface area contributed by atoms with Crippen LogP contribution in [-0.2, 0) is 9.53 Å². The van der Waals surface area contributed by atoms with Crippen LogP contribution < -0.4 is 0 Å². The van der Waals surface area contributed by atoms with E-state index < -0.39 is 23.6 Å². The summed E-state index contributed by atoms with van der Waals surface area (Å²) >= 11 is 0. The fourth-order valence-corrected chi connectivity index (χ4v) is 1.99. The quantitative estimate of drug-likeness (QED) is 0.555. The summed E-state index contributed by atoms with van der Waals surface area (Å²) in [7, 11) is 0. The van der Waals surface area contributed by atoms with E-state index in [0.29, 0.717) is 12.0 Å². The molecule has 4 heteroatoms. The highest BCUT2D eigenvalue weighted by atomic mass is 16.5. The van der Waals surface area contributed by atoms with Crippen LogP contribution in [0.2, 0.25) is 0 Å². The summed E-state index contributed by atoms with van der Waals surface area (Å²) in [6.07, 6.45) is -0.756. The molecule has 3 unspecified atom stereocenters. The Bertz CT molecular complexity index is 295. The van der Waals surface area contributed by atoms with Crippen molar-refractivity contribution in [1.29, 1.82) is 0 Å². The molecule has 0 aromatic rings. The van der Waals surface area contributed by atoms with E-state index in [0.717, 1.165) is 0 Å². The largest absolute Gasteiger partial charge is 0.462 e. The first-order chi connectivity index (χ1) is 7.26. The molecule has 0 saturated heterocycles. The molecule has 1 rings (SSSR count). The van der Waals surface area contributed by atoms with Gasteiger partial charge in [0, 0.05) is 16.9 Å². The Balaban J connectivity index is 2.52. The van der Waals surface area contributed by atoms with Crippen LogP contribution in [0.25, 0.3) is 0 Å². The molecular formula is C12H20O4. The van der Waals surface area contributed by atoms with E-state index >= 15 is 0 Å². The third-order valence-electron chi connectivity index (χ3n) is 3.37. The van der Waals surface area contributed by atoms with E-state index in [2.05, 4.69) is 6.58 Å². The zero-order valence-corrected chi connectivity index (χ0v) is 10.1. The van der Waals surface area contributed by atoms with Gasteiger partial charge in [-0.2, -0.15) is 0 Å². The van der Waals surface area contributed by atoms with Gasteiger partial charge >= 0.3 is 5.97 Å². The van der Waals surface area contributed by atoms with Crippen LogP contribution in [0, 0.1) is 11.3 Å². The Kier molecular flexibility index (Phi) is 3.76. The van der Waals surface area contributed by atoms with Crippen LogP contribution in [0.15, 0.2) is 12.2 Å². The third-order valence-corrected chi connectivity index (χ3v) is 3.37. The van der Waals surface area contributed by atoms with Crippen LogP contribution in [0.5, 0.6) is 0 Å². The lowest BCUT2D eigenvalue weighted by Gasteiger charge is -2.27. The van der Waals surface area contributed by atoms with Gasteiger partial charge in [-0.1, -0.05) is 20.4 Å². The highest BCUT2D eigenvalue weighted by Gasteiger charge is 2.48. The Morgan fingerprint density at radius 1 is 1.50 bits per heavy atom. The van der Waals surface area contributed by atoms with Gasteiger partial charge in [0.15, 0.2) is 0 Å². The summed E-state index contributed by atoms with van der Waals surface area (Å²) in [4.78, 5) is 11.2. The van der Waals surface area contributed by atoms with Crippen LogP contribution in [-0.4, -0.2) is 35.0 Å². The number of carbonyl (C=O) groups is 1. The predicted molar refractivity (Wildman–Crippen MR) is 59.7 cm³/mol. The number of carbonyl (C=O) groups excluding carboxylic acids is 1. The summed E-state index contributed by atoms with van der Waals surface area (Å²) in [6, 6.07) is 0. The Labute approximate surface area is 95.9 Å². The van der Waals surface area contributed by atoms with Gasteiger partial charge in [-0.05, 0) is 13.3 Å². The van der Waals surface area contributed by atoms with Crippen molar-refractivity contribution < 1.29 is 19.7 Å². The van der Waals surface area contributed by atoms with Crippen molar-refractivity contribution in [3.8, 4) is 0 Å². The van der Waals surface area contributed by atoms with Crippen LogP contribution in [0.3, 0.4) is 0 Å². The molecular weight excluding hydrogens is 208 g/mol. The highest BCUT2D eigenvalue weighted by molar-refractivity contribution is 5.86. The maximum absolute atomic E-state index is 11.2. The fraction of sp³-hybridized carbons (Fsp3) is 0.750. The van der Waals surface area contributed by atoms with Crippen LogP contribution >= 0.6 is 0 Å². The van der Waals surface area contributed by atoms with Gasteiger partial charge in [-0.3, -0.25) is 0 Å². The molecule has 4 nitrogen and oxygen atoms in total. The summed E-state index contributed by atoms with van der Waals surface area (Å²) in [5.74, 6) is -0.653. The number of hydrogen-bond acceptors (Lipinski definition) is 4. The zero-order valence-electron chi connectivity index (χ0n) is 10.1. The molecule has 1 aliphatic rings. The first kappa shape index (κ1) is 13.2. The van der Waals surface area contributed by atoms with E-state index in [1.165, 1.54) is 0 Å². The molecule has 0 heterocycles. The van der Waals surface area contributed by atoms with Crippen molar-refractivity contribution >= 4 is 5.97 Å². The maximum atomic E-state index is 11.2. The SMILES string of the molecule is C=C(C)C(=O)OCC1CC(O)C(C)(C)C1O. The molecule has 0 aromatic carbocycles. The smallest absolute Gasteiger partial charge is 0.333 e. The van der Waals surface area contributed by atoms with E-state index in [1.807, 2.05) is 13.8 Å². The molecule has 92 valence electrons. The van der Waals surface area contributed by atoms with Crippen molar-refractivity contribution in [3.63, 3.8) is 0 Å². The average Bonchev–Trinajstić information content (AvgIpc) is 2.38.